The minimum atomic E-state index is 0.921. The van der Waals surface area contributed by atoms with Gasteiger partial charge in [0.1, 0.15) is 5.82 Å². The number of hydrogen-bond donors (Lipinski definition) is 2. The van der Waals surface area contributed by atoms with Gasteiger partial charge in [0, 0.05) is 19.3 Å². The molecule has 3 nitrogen and oxygen atoms in total. The summed E-state index contributed by atoms with van der Waals surface area (Å²) in [5.41, 5.74) is 2.48. The highest BCUT2D eigenvalue weighted by Gasteiger charge is 2.00. The van der Waals surface area contributed by atoms with Gasteiger partial charge >= 0.3 is 0 Å². The van der Waals surface area contributed by atoms with Gasteiger partial charge in [0.25, 0.3) is 0 Å². The monoisotopic (exact) mass is 207 g/mol. The van der Waals surface area contributed by atoms with Crippen LogP contribution in [0.5, 0.6) is 0 Å². The van der Waals surface area contributed by atoms with Crippen LogP contribution in [0.1, 0.15) is 31.5 Å². The van der Waals surface area contributed by atoms with E-state index in [-0.39, 0.29) is 0 Å². The first-order chi connectivity index (χ1) is 7.30. The molecule has 0 aliphatic heterocycles. The number of nitrogens with one attached hydrogen (secondary N) is 2. The molecule has 0 aliphatic carbocycles. The molecule has 2 N–H and O–H groups in total. The maximum atomic E-state index is 4.51. The fraction of sp³-hybridized carbons (Fsp3) is 0.583. The van der Waals surface area contributed by atoms with E-state index in [4.69, 9.17) is 0 Å². The van der Waals surface area contributed by atoms with Crippen molar-refractivity contribution in [3.8, 4) is 0 Å². The number of aryl methyl sites for hydroxylation is 1. The second kappa shape index (κ2) is 6.40. The lowest BCUT2D eigenvalue weighted by Crippen LogP contribution is -2.12. The van der Waals surface area contributed by atoms with Gasteiger partial charge in [-0.1, -0.05) is 20.3 Å². The molecule has 1 aromatic rings. The van der Waals surface area contributed by atoms with Crippen LogP contribution in [-0.4, -0.2) is 18.6 Å². The second-order valence-corrected chi connectivity index (χ2v) is 3.63. The van der Waals surface area contributed by atoms with E-state index in [2.05, 4.69) is 41.6 Å². The lowest BCUT2D eigenvalue weighted by molar-refractivity contribution is 0.723. The van der Waals surface area contributed by atoms with Crippen molar-refractivity contribution in [2.75, 3.05) is 18.9 Å². The number of aromatic nitrogens is 1. The van der Waals surface area contributed by atoms with Crippen LogP contribution in [0.4, 0.5) is 5.82 Å². The molecule has 0 amide bonds. The quantitative estimate of drug-likeness (QED) is 0.750. The summed E-state index contributed by atoms with van der Waals surface area (Å²) in [5, 5.41) is 6.43. The molecule has 3 heteroatoms. The van der Waals surface area contributed by atoms with Crippen LogP contribution < -0.4 is 10.6 Å². The van der Waals surface area contributed by atoms with Crippen molar-refractivity contribution in [2.24, 2.45) is 0 Å². The molecule has 0 saturated heterocycles. The summed E-state index contributed by atoms with van der Waals surface area (Å²) in [7, 11) is 1.91. The number of nitrogens with zero attached hydrogens (tertiary/aromatic N) is 1. The smallest absolute Gasteiger partial charge is 0.126 e. The third-order valence-electron chi connectivity index (χ3n) is 2.28. The Morgan fingerprint density at radius 3 is 2.67 bits per heavy atom. The summed E-state index contributed by atoms with van der Waals surface area (Å²) >= 11 is 0. The molecule has 1 aromatic heterocycles. The lowest BCUT2D eigenvalue weighted by atomic mass is 10.1. The van der Waals surface area contributed by atoms with E-state index in [1.807, 2.05) is 7.05 Å². The lowest BCUT2D eigenvalue weighted by Gasteiger charge is -2.08. The van der Waals surface area contributed by atoms with Gasteiger partial charge in [0.05, 0.1) is 0 Å². The molecule has 1 rings (SSSR count). The highest BCUT2D eigenvalue weighted by molar-refractivity contribution is 5.39. The zero-order valence-corrected chi connectivity index (χ0v) is 9.93. The minimum Gasteiger partial charge on any atom is -0.373 e. The van der Waals surface area contributed by atoms with E-state index in [1.54, 1.807) is 0 Å². The maximum absolute atomic E-state index is 4.51. The summed E-state index contributed by atoms with van der Waals surface area (Å²) in [6.07, 6.45) is 2.19. The van der Waals surface area contributed by atoms with Gasteiger partial charge in [-0.3, -0.25) is 0 Å². The molecule has 0 aromatic carbocycles. The van der Waals surface area contributed by atoms with Gasteiger partial charge in [-0.25, -0.2) is 4.98 Å². The Labute approximate surface area is 92.3 Å². The number of pyridine rings is 1. The predicted octanol–water partition coefficient (Wildman–Crippen LogP) is 2.19. The fourth-order valence-electron chi connectivity index (χ4n) is 1.53. The standard InChI is InChI=1S/C12H21N3/c1-4-6-11-7-10(9-14-5-2)8-12(13-3)15-11/h7-8,14H,4-6,9H2,1-3H3,(H,13,15). The van der Waals surface area contributed by atoms with Crippen molar-refractivity contribution in [3.63, 3.8) is 0 Å². The summed E-state index contributed by atoms with van der Waals surface area (Å²) in [6, 6.07) is 4.29. The van der Waals surface area contributed by atoms with Crippen molar-refractivity contribution in [1.29, 1.82) is 0 Å². The first-order valence-corrected chi connectivity index (χ1v) is 5.68. The van der Waals surface area contributed by atoms with Crippen LogP contribution in [0, 0.1) is 0 Å². The van der Waals surface area contributed by atoms with E-state index >= 15 is 0 Å². The summed E-state index contributed by atoms with van der Waals surface area (Å²) in [5.74, 6) is 0.967. The third kappa shape index (κ3) is 3.88. The second-order valence-electron chi connectivity index (χ2n) is 3.63. The number of hydrogen-bond acceptors (Lipinski definition) is 3. The number of anilines is 1. The van der Waals surface area contributed by atoms with Crippen LogP contribution in [0.15, 0.2) is 12.1 Å². The van der Waals surface area contributed by atoms with Crippen molar-refractivity contribution in [1.82, 2.24) is 10.3 Å². The third-order valence-corrected chi connectivity index (χ3v) is 2.28. The van der Waals surface area contributed by atoms with Gasteiger partial charge in [-0.05, 0) is 30.7 Å². The zero-order chi connectivity index (χ0) is 11.1. The van der Waals surface area contributed by atoms with Crippen molar-refractivity contribution < 1.29 is 0 Å². The SMILES string of the molecule is CCCc1cc(CNCC)cc(NC)n1. The Hall–Kier alpha value is -1.09. The van der Waals surface area contributed by atoms with E-state index in [0.717, 1.165) is 31.7 Å². The first-order valence-electron chi connectivity index (χ1n) is 5.68. The Morgan fingerprint density at radius 1 is 1.27 bits per heavy atom. The molecular weight excluding hydrogens is 186 g/mol. The molecule has 0 spiro atoms. The normalized spacial score (nSPS) is 10.3. The maximum Gasteiger partial charge on any atom is 0.126 e. The van der Waals surface area contributed by atoms with Crippen LogP contribution in [0.2, 0.25) is 0 Å². The zero-order valence-electron chi connectivity index (χ0n) is 9.93. The minimum absolute atomic E-state index is 0.921. The van der Waals surface area contributed by atoms with E-state index < -0.39 is 0 Å². The molecule has 1 heterocycles. The topological polar surface area (TPSA) is 37.0 Å². The van der Waals surface area contributed by atoms with Gasteiger partial charge in [0.15, 0.2) is 0 Å². The molecule has 0 atom stereocenters. The Morgan fingerprint density at radius 2 is 2.07 bits per heavy atom. The summed E-state index contributed by atoms with van der Waals surface area (Å²) < 4.78 is 0. The molecule has 15 heavy (non-hydrogen) atoms. The van der Waals surface area contributed by atoms with E-state index in [1.165, 1.54) is 11.3 Å². The fourth-order valence-corrected chi connectivity index (χ4v) is 1.53. The Kier molecular flexibility index (Phi) is 5.12. The largest absolute Gasteiger partial charge is 0.373 e. The molecule has 0 unspecified atom stereocenters. The summed E-state index contributed by atoms with van der Waals surface area (Å²) in [6.45, 7) is 6.22. The van der Waals surface area contributed by atoms with Gasteiger partial charge < -0.3 is 10.6 Å². The van der Waals surface area contributed by atoms with Gasteiger partial charge in [-0.15, -0.1) is 0 Å². The average Bonchev–Trinajstić information content (AvgIpc) is 2.26. The van der Waals surface area contributed by atoms with Crippen molar-refractivity contribution in [2.45, 2.75) is 33.2 Å². The van der Waals surface area contributed by atoms with Gasteiger partial charge in [-0.2, -0.15) is 0 Å². The first kappa shape index (κ1) is 12.0. The highest BCUT2D eigenvalue weighted by Crippen LogP contribution is 2.11. The van der Waals surface area contributed by atoms with Crippen LogP contribution in [0.3, 0.4) is 0 Å². The molecule has 0 fully saturated rings. The van der Waals surface area contributed by atoms with Crippen molar-refractivity contribution in [3.05, 3.63) is 23.4 Å². The van der Waals surface area contributed by atoms with Crippen LogP contribution in [0.25, 0.3) is 0 Å². The molecular formula is C12H21N3. The van der Waals surface area contributed by atoms with Crippen LogP contribution >= 0.6 is 0 Å². The van der Waals surface area contributed by atoms with Crippen molar-refractivity contribution >= 4 is 5.82 Å². The number of rotatable bonds is 6. The van der Waals surface area contributed by atoms with E-state index in [0.29, 0.717) is 0 Å². The predicted molar refractivity (Wildman–Crippen MR) is 65.2 cm³/mol. The van der Waals surface area contributed by atoms with Crippen LogP contribution in [-0.2, 0) is 13.0 Å². The molecule has 0 bridgehead atoms. The average molecular weight is 207 g/mol. The molecule has 0 radical (unpaired) electrons. The highest BCUT2D eigenvalue weighted by atomic mass is 15.0. The summed E-state index contributed by atoms with van der Waals surface area (Å²) in [4.78, 5) is 4.51. The van der Waals surface area contributed by atoms with E-state index in [9.17, 15) is 0 Å². The Bertz CT molecular complexity index is 297. The molecule has 0 aliphatic rings. The van der Waals surface area contributed by atoms with Gasteiger partial charge in [0.2, 0.25) is 0 Å². The molecule has 84 valence electrons. The Balaban J connectivity index is 2.79. The molecule has 0 saturated carbocycles.